The SMILES string of the molecule is COc1cc(OC)c2sc([C@H](C)N)nc2c1. The van der Waals surface area contributed by atoms with Crippen LogP contribution in [0.3, 0.4) is 0 Å². The summed E-state index contributed by atoms with van der Waals surface area (Å²) in [5, 5.41) is 0.904. The van der Waals surface area contributed by atoms with Gasteiger partial charge in [-0.2, -0.15) is 0 Å². The van der Waals surface area contributed by atoms with Crippen molar-refractivity contribution >= 4 is 21.6 Å². The number of thiazole rings is 1. The van der Waals surface area contributed by atoms with Crippen LogP contribution in [-0.2, 0) is 0 Å². The van der Waals surface area contributed by atoms with Crippen molar-refractivity contribution in [2.45, 2.75) is 13.0 Å². The van der Waals surface area contributed by atoms with Crippen LogP contribution in [0.2, 0.25) is 0 Å². The van der Waals surface area contributed by atoms with Crippen molar-refractivity contribution in [3.05, 3.63) is 17.1 Å². The minimum absolute atomic E-state index is 0.0619. The van der Waals surface area contributed by atoms with Crippen molar-refractivity contribution in [1.29, 1.82) is 0 Å². The van der Waals surface area contributed by atoms with E-state index in [1.165, 1.54) is 0 Å². The summed E-state index contributed by atoms with van der Waals surface area (Å²) in [5.74, 6) is 1.52. The molecule has 0 saturated carbocycles. The molecular weight excluding hydrogens is 224 g/mol. The molecule has 86 valence electrons. The van der Waals surface area contributed by atoms with Gasteiger partial charge in [0.15, 0.2) is 0 Å². The van der Waals surface area contributed by atoms with Gasteiger partial charge in [0.2, 0.25) is 0 Å². The molecule has 0 aliphatic rings. The lowest BCUT2D eigenvalue weighted by molar-refractivity contribution is 0.398. The van der Waals surface area contributed by atoms with Gasteiger partial charge in [0, 0.05) is 12.1 Å². The lowest BCUT2D eigenvalue weighted by Crippen LogP contribution is -2.03. The topological polar surface area (TPSA) is 57.4 Å². The summed E-state index contributed by atoms with van der Waals surface area (Å²) in [6, 6.07) is 3.68. The molecule has 2 N–H and O–H groups in total. The molecule has 16 heavy (non-hydrogen) atoms. The van der Waals surface area contributed by atoms with Crippen molar-refractivity contribution in [1.82, 2.24) is 4.98 Å². The molecule has 0 saturated heterocycles. The molecule has 1 aromatic heterocycles. The molecule has 0 bridgehead atoms. The zero-order valence-corrected chi connectivity index (χ0v) is 10.3. The van der Waals surface area contributed by atoms with Gasteiger partial charge in [0.05, 0.1) is 30.5 Å². The highest BCUT2D eigenvalue weighted by molar-refractivity contribution is 7.19. The van der Waals surface area contributed by atoms with Gasteiger partial charge in [-0.3, -0.25) is 0 Å². The molecular formula is C11H14N2O2S. The Morgan fingerprint density at radius 1 is 1.31 bits per heavy atom. The first-order valence-electron chi connectivity index (χ1n) is 4.93. The Bertz CT molecular complexity index is 508. The summed E-state index contributed by atoms with van der Waals surface area (Å²) >= 11 is 1.56. The van der Waals surface area contributed by atoms with Crippen molar-refractivity contribution < 1.29 is 9.47 Å². The summed E-state index contributed by atoms with van der Waals surface area (Å²) in [4.78, 5) is 4.46. The van der Waals surface area contributed by atoms with Crippen LogP contribution in [0.25, 0.3) is 10.2 Å². The van der Waals surface area contributed by atoms with Crippen molar-refractivity contribution in [2.75, 3.05) is 14.2 Å². The molecule has 0 fully saturated rings. The van der Waals surface area contributed by atoms with E-state index < -0.39 is 0 Å². The number of hydrogen-bond donors (Lipinski definition) is 1. The number of benzene rings is 1. The van der Waals surface area contributed by atoms with E-state index in [9.17, 15) is 0 Å². The summed E-state index contributed by atoms with van der Waals surface area (Å²) in [5.41, 5.74) is 6.68. The second kappa shape index (κ2) is 4.27. The Balaban J connectivity index is 2.65. The van der Waals surface area contributed by atoms with E-state index in [1.807, 2.05) is 19.1 Å². The predicted molar refractivity (Wildman–Crippen MR) is 65.3 cm³/mol. The molecule has 1 aromatic carbocycles. The second-order valence-electron chi connectivity index (χ2n) is 3.52. The van der Waals surface area contributed by atoms with Gasteiger partial charge < -0.3 is 15.2 Å². The number of aromatic nitrogens is 1. The van der Waals surface area contributed by atoms with Crippen LogP contribution in [0.15, 0.2) is 12.1 Å². The Labute approximate surface area is 98.0 Å². The van der Waals surface area contributed by atoms with Gasteiger partial charge in [-0.25, -0.2) is 4.98 Å². The lowest BCUT2D eigenvalue weighted by Gasteiger charge is -2.03. The van der Waals surface area contributed by atoms with E-state index in [0.29, 0.717) is 0 Å². The van der Waals surface area contributed by atoms with Crippen molar-refractivity contribution in [3.8, 4) is 11.5 Å². The van der Waals surface area contributed by atoms with E-state index >= 15 is 0 Å². The smallest absolute Gasteiger partial charge is 0.142 e. The molecule has 0 aliphatic carbocycles. The first-order valence-corrected chi connectivity index (χ1v) is 5.75. The third-order valence-corrected chi connectivity index (χ3v) is 3.58. The molecule has 1 heterocycles. The number of hydrogen-bond acceptors (Lipinski definition) is 5. The minimum Gasteiger partial charge on any atom is -0.497 e. The van der Waals surface area contributed by atoms with Crippen LogP contribution in [0.5, 0.6) is 11.5 Å². The van der Waals surface area contributed by atoms with Crippen LogP contribution in [0, 0.1) is 0 Å². The van der Waals surface area contributed by atoms with Crippen molar-refractivity contribution in [3.63, 3.8) is 0 Å². The van der Waals surface area contributed by atoms with Crippen LogP contribution in [0.4, 0.5) is 0 Å². The predicted octanol–water partition coefficient (Wildman–Crippen LogP) is 2.33. The van der Waals surface area contributed by atoms with Crippen LogP contribution >= 0.6 is 11.3 Å². The van der Waals surface area contributed by atoms with Gasteiger partial charge in [-0.1, -0.05) is 0 Å². The fourth-order valence-electron chi connectivity index (χ4n) is 1.46. The number of nitrogens with two attached hydrogens (primary N) is 1. The second-order valence-corrected chi connectivity index (χ2v) is 4.55. The van der Waals surface area contributed by atoms with Gasteiger partial charge >= 0.3 is 0 Å². The summed E-state index contributed by atoms with van der Waals surface area (Å²) in [6.07, 6.45) is 0. The first-order chi connectivity index (χ1) is 7.65. The Hall–Kier alpha value is -1.33. The van der Waals surface area contributed by atoms with Gasteiger partial charge in [0.25, 0.3) is 0 Å². The van der Waals surface area contributed by atoms with Crippen LogP contribution in [0.1, 0.15) is 18.0 Å². The van der Waals surface area contributed by atoms with Gasteiger partial charge in [-0.05, 0) is 6.92 Å². The standard InChI is InChI=1S/C11H14N2O2S/c1-6(12)11-13-8-4-7(14-2)5-9(15-3)10(8)16-11/h4-6H,12H2,1-3H3/t6-/m0/s1. The molecule has 2 rings (SSSR count). The van der Waals surface area contributed by atoms with Gasteiger partial charge in [0.1, 0.15) is 16.5 Å². The highest BCUT2D eigenvalue weighted by Gasteiger charge is 2.13. The first kappa shape index (κ1) is 11.2. The zero-order valence-electron chi connectivity index (χ0n) is 9.48. The number of nitrogens with zero attached hydrogens (tertiary/aromatic N) is 1. The maximum Gasteiger partial charge on any atom is 0.142 e. The normalized spacial score (nSPS) is 12.8. The summed E-state index contributed by atoms with van der Waals surface area (Å²) in [6.45, 7) is 1.92. The van der Waals surface area contributed by atoms with E-state index in [0.717, 1.165) is 26.7 Å². The third-order valence-electron chi connectivity index (χ3n) is 2.29. The zero-order chi connectivity index (χ0) is 11.7. The Kier molecular flexibility index (Phi) is 2.98. The minimum atomic E-state index is -0.0619. The van der Waals surface area contributed by atoms with Crippen molar-refractivity contribution in [2.24, 2.45) is 5.73 Å². The molecule has 0 aliphatic heterocycles. The molecule has 2 aromatic rings. The quantitative estimate of drug-likeness (QED) is 0.891. The lowest BCUT2D eigenvalue weighted by atomic mass is 10.3. The third kappa shape index (κ3) is 1.83. The largest absolute Gasteiger partial charge is 0.497 e. The molecule has 0 amide bonds. The fraction of sp³-hybridized carbons (Fsp3) is 0.364. The summed E-state index contributed by atoms with van der Waals surface area (Å²) in [7, 11) is 3.26. The van der Waals surface area contributed by atoms with Crippen LogP contribution < -0.4 is 15.2 Å². The number of methoxy groups -OCH3 is 2. The van der Waals surface area contributed by atoms with E-state index in [1.54, 1.807) is 25.6 Å². The Morgan fingerprint density at radius 2 is 2.06 bits per heavy atom. The number of fused-ring (bicyclic) bond motifs is 1. The van der Waals surface area contributed by atoms with E-state index in [4.69, 9.17) is 15.2 Å². The fourth-order valence-corrected chi connectivity index (χ4v) is 2.45. The average Bonchev–Trinajstić information content (AvgIpc) is 2.71. The molecule has 4 nitrogen and oxygen atoms in total. The Morgan fingerprint density at radius 3 is 2.62 bits per heavy atom. The van der Waals surface area contributed by atoms with E-state index in [2.05, 4.69) is 4.98 Å². The molecule has 0 unspecified atom stereocenters. The van der Waals surface area contributed by atoms with Gasteiger partial charge in [-0.15, -0.1) is 11.3 Å². The molecule has 1 atom stereocenters. The highest BCUT2D eigenvalue weighted by atomic mass is 32.1. The molecule has 5 heteroatoms. The van der Waals surface area contributed by atoms with E-state index in [-0.39, 0.29) is 6.04 Å². The maximum absolute atomic E-state index is 5.82. The summed E-state index contributed by atoms with van der Waals surface area (Å²) < 4.78 is 11.5. The number of ether oxygens (including phenoxy) is 2. The maximum atomic E-state index is 5.82. The molecule has 0 spiro atoms. The monoisotopic (exact) mass is 238 g/mol. The number of rotatable bonds is 3. The van der Waals surface area contributed by atoms with Crippen LogP contribution in [-0.4, -0.2) is 19.2 Å². The average molecular weight is 238 g/mol. The highest BCUT2D eigenvalue weighted by Crippen LogP contribution is 2.36. The molecule has 0 radical (unpaired) electrons.